The van der Waals surface area contributed by atoms with Crippen molar-refractivity contribution in [3.63, 3.8) is 0 Å². The summed E-state index contributed by atoms with van der Waals surface area (Å²) in [7, 11) is 0. The molecule has 2 rings (SSSR count). The SMILES string of the molecule is CCNC(=NCc1nnc2ccccn12)NCCOCCC(C)C. The summed E-state index contributed by atoms with van der Waals surface area (Å²) in [6.07, 6.45) is 3.04. The predicted octanol–water partition coefficient (Wildman–Crippen LogP) is 1.85. The Morgan fingerprint density at radius 2 is 2.12 bits per heavy atom. The Bertz CT molecular complexity index is 637. The van der Waals surface area contributed by atoms with E-state index in [-0.39, 0.29) is 0 Å². The molecule has 0 saturated carbocycles. The summed E-state index contributed by atoms with van der Waals surface area (Å²) in [4.78, 5) is 4.57. The quantitative estimate of drug-likeness (QED) is 0.416. The Morgan fingerprint density at radius 3 is 2.92 bits per heavy atom. The monoisotopic (exact) mass is 332 g/mol. The van der Waals surface area contributed by atoms with E-state index < -0.39 is 0 Å². The Labute approximate surface area is 143 Å². The van der Waals surface area contributed by atoms with Gasteiger partial charge in [0.15, 0.2) is 17.4 Å². The van der Waals surface area contributed by atoms with Crippen LogP contribution < -0.4 is 10.6 Å². The fourth-order valence-electron chi connectivity index (χ4n) is 2.15. The minimum absolute atomic E-state index is 0.467. The molecule has 2 aromatic heterocycles. The first-order valence-electron chi connectivity index (χ1n) is 8.59. The first-order chi connectivity index (χ1) is 11.7. The van der Waals surface area contributed by atoms with Gasteiger partial charge in [-0.25, -0.2) is 4.99 Å². The highest BCUT2D eigenvalue weighted by atomic mass is 16.5. The fraction of sp³-hybridized carbons (Fsp3) is 0.588. The van der Waals surface area contributed by atoms with Crippen LogP contribution >= 0.6 is 0 Å². The highest BCUT2D eigenvalue weighted by molar-refractivity contribution is 5.79. The number of hydrogen-bond donors (Lipinski definition) is 2. The minimum atomic E-state index is 0.467. The highest BCUT2D eigenvalue weighted by Crippen LogP contribution is 2.03. The third-order valence-corrected chi connectivity index (χ3v) is 3.49. The molecule has 0 amide bonds. The summed E-state index contributed by atoms with van der Waals surface area (Å²) >= 11 is 0. The third kappa shape index (κ3) is 5.81. The van der Waals surface area contributed by atoms with Crippen molar-refractivity contribution in [2.45, 2.75) is 33.7 Å². The second kappa shape index (κ2) is 9.87. The largest absolute Gasteiger partial charge is 0.380 e. The van der Waals surface area contributed by atoms with Crippen molar-refractivity contribution in [1.82, 2.24) is 25.2 Å². The smallest absolute Gasteiger partial charge is 0.191 e. The van der Waals surface area contributed by atoms with Crippen LogP contribution in [-0.4, -0.2) is 46.9 Å². The highest BCUT2D eigenvalue weighted by Gasteiger charge is 2.04. The van der Waals surface area contributed by atoms with Gasteiger partial charge in [-0.15, -0.1) is 10.2 Å². The van der Waals surface area contributed by atoms with Gasteiger partial charge in [0.2, 0.25) is 0 Å². The maximum absolute atomic E-state index is 5.61. The molecule has 0 aliphatic heterocycles. The third-order valence-electron chi connectivity index (χ3n) is 3.49. The van der Waals surface area contributed by atoms with Crippen LogP contribution in [0, 0.1) is 5.92 Å². The van der Waals surface area contributed by atoms with Crippen LogP contribution in [-0.2, 0) is 11.3 Å². The molecule has 0 atom stereocenters. The number of guanidine groups is 1. The number of hydrogen-bond acceptors (Lipinski definition) is 4. The summed E-state index contributed by atoms with van der Waals surface area (Å²) in [6.45, 7) is 9.92. The molecule has 0 radical (unpaired) electrons. The molecule has 0 fully saturated rings. The number of ether oxygens (including phenoxy) is 1. The predicted molar refractivity (Wildman–Crippen MR) is 96.1 cm³/mol. The fourth-order valence-corrected chi connectivity index (χ4v) is 2.15. The van der Waals surface area contributed by atoms with E-state index in [9.17, 15) is 0 Å². The van der Waals surface area contributed by atoms with Gasteiger partial charge in [-0.2, -0.15) is 0 Å². The van der Waals surface area contributed by atoms with Gasteiger partial charge >= 0.3 is 0 Å². The van der Waals surface area contributed by atoms with Crippen LogP contribution in [0.5, 0.6) is 0 Å². The van der Waals surface area contributed by atoms with E-state index in [2.05, 4.69) is 39.7 Å². The molecule has 2 aromatic rings. The van der Waals surface area contributed by atoms with Crippen molar-refractivity contribution in [3.05, 3.63) is 30.2 Å². The average molecular weight is 332 g/mol. The normalized spacial score (nSPS) is 12.1. The Balaban J connectivity index is 1.82. The molecule has 7 nitrogen and oxygen atoms in total. The molecule has 0 aliphatic carbocycles. The van der Waals surface area contributed by atoms with E-state index >= 15 is 0 Å². The summed E-state index contributed by atoms with van der Waals surface area (Å²) < 4.78 is 7.56. The van der Waals surface area contributed by atoms with Gasteiger partial charge in [-0.05, 0) is 31.4 Å². The van der Waals surface area contributed by atoms with Crippen LogP contribution in [0.1, 0.15) is 33.0 Å². The topological polar surface area (TPSA) is 75.8 Å². The van der Waals surface area contributed by atoms with Crippen molar-refractivity contribution in [2.75, 3.05) is 26.3 Å². The molecule has 7 heteroatoms. The number of aliphatic imine (C=N–C) groups is 1. The molecule has 0 spiro atoms. The average Bonchev–Trinajstić information content (AvgIpc) is 2.98. The molecule has 0 aliphatic rings. The summed E-state index contributed by atoms with van der Waals surface area (Å²) in [5.74, 6) is 2.25. The van der Waals surface area contributed by atoms with E-state index in [1.165, 1.54) is 0 Å². The zero-order chi connectivity index (χ0) is 17.2. The molecular formula is C17H28N6O. The molecule has 0 saturated heterocycles. The lowest BCUT2D eigenvalue weighted by Crippen LogP contribution is -2.39. The van der Waals surface area contributed by atoms with E-state index in [1.54, 1.807) is 0 Å². The first-order valence-corrected chi connectivity index (χ1v) is 8.59. The first kappa shape index (κ1) is 18.2. The van der Waals surface area contributed by atoms with Crippen LogP contribution in [0.3, 0.4) is 0 Å². The summed E-state index contributed by atoms with van der Waals surface area (Å²) in [6, 6.07) is 5.83. The zero-order valence-electron chi connectivity index (χ0n) is 14.8. The second-order valence-corrected chi connectivity index (χ2v) is 5.96. The lowest BCUT2D eigenvalue weighted by molar-refractivity contribution is 0.128. The summed E-state index contributed by atoms with van der Waals surface area (Å²) in [5, 5.41) is 14.8. The number of nitrogens with one attached hydrogen (secondary N) is 2. The summed E-state index contributed by atoms with van der Waals surface area (Å²) in [5.41, 5.74) is 0.833. The van der Waals surface area contributed by atoms with Gasteiger partial charge in [-0.3, -0.25) is 4.40 Å². The standard InChI is InChI=1S/C17H28N6O/c1-4-18-17(19-9-12-24-11-8-14(2)3)20-13-16-22-21-15-7-5-6-10-23(15)16/h5-7,10,14H,4,8-9,11-13H2,1-3H3,(H2,18,19,20). The number of aromatic nitrogens is 3. The molecule has 2 heterocycles. The number of pyridine rings is 1. The van der Waals surface area contributed by atoms with Crippen molar-refractivity contribution in [2.24, 2.45) is 10.9 Å². The van der Waals surface area contributed by atoms with E-state index in [1.807, 2.05) is 35.7 Å². The van der Waals surface area contributed by atoms with Crippen LogP contribution in [0.4, 0.5) is 0 Å². The Morgan fingerprint density at radius 1 is 1.25 bits per heavy atom. The molecule has 2 N–H and O–H groups in total. The van der Waals surface area contributed by atoms with Gasteiger partial charge in [0, 0.05) is 25.9 Å². The van der Waals surface area contributed by atoms with Gasteiger partial charge < -0.3 is 15.4 Å². The lowest BCUT2D eigenvalue weighted by atomic mass is 10.1. The number of nitrogens with zero attached hydrogens (tertiary/aromatic N) is 4. The number of rotatable bonds is 9. The van der Waals surface area contributed by atoms with Crippen LogP contribution in [0.15, 0.2) is 29.4 Å². The zero-order valence-corrected chi connectivity index (χ0v) is 14.8. The molecule has 0 bridgehead atoms. The molecule has 132 valence electrons. The Kier molecular flexibility index (Phi) is 7.48. The van der Waals surface area contributed by atoms with E-state index in [0.29, 0.717) is 19.1 Å². The maximum Gasteiger partial charge on any atom is 0.191 e. The van der Waals surface area contributed by atoms with Crippen molar-refractivity contribution in [3.8, 4) is 0 Å². The van der Waals surface area contributed by atoms with Gasteiger partial charge in [-0.1, -0.05) is 19.9 Å². The molecule has 0 aromatic carbocycles. The minimum Gasteiger partial charge on any atom is -0.380 e. The molecule has 24 heavy (non-hydrogen) atoms. The van der Waals surface area contributed by atoms with Crippen LogP contribution in [0.2, 0.25) is 0 Å². The van der Waals surface area contributed by atoms with Gasteiger partial charge in [0.25, 0.3) is 0 Å². The van der Waals surface area contributed by atoms with Crippen LogP contribution in [0.25, 0.3) is 5.65 Å². The second-order valence-electron chi connectivity index (χ2n) is 5.96. The van der Waals surface area contributed by atoms with Crippen molar-refractivity contribution >= 4 is 11.6 Å². The van der Waals surface area contributed by atoms with Gasteiger partial charge in [0.1, 0.15) is 6.54 Å². The van der Waals surface area contributed by atoms with Crippen molar-refractivity contribution < 1.29 is 4.74 Å². The molecular weight excluding hydrogens is 304 g/mol. The number of fused-ring (bicyclic) bond motifs is 1. The van der Waals surface area contributed by atoms with Gasteiger partial charge in [0.05, 0.1) is 6.61 Å². The maximum atomic E-state index is 5.61. The lowest BCUT2D eigenvalue weighted by Gasteiger charge is -2.11. The van der Waals surface area contributed by atoms with E-state index in [0.717, 1.165) is 43.5 Å². The Hall–Kier alpha value is -2.15. The van der Waals surface area contributed by atoms with E-state index in [4.69, 9.17) is 4.74 Å². The molecule has 0 unspecified atom stereocenters. The van der Waals surface area contributed by atoms with Crippen molar-refractivity contribution in [1.29, 1.82) is 0 Å².